The molecule has 1 heterocycles. The fourth-order valence-corrected chi connectivity index (χ4v) is 1.27. The molecule has 88 valence electrons. The van der Waals surface area contributed by atoms with Crippen LogP contribution in [0.1, 0.15) is 13.8 Å². The highest BCUT2D eigenvalue weighted by molar-refractivity contribution is 5.92. The molecule has 1 rings (SSSR count). The lowest BCUT2D eigenvalue weighted by Gasteiger charge is -2.08. The number of ether oxygens (including phenoxy) is 2. The van der Waals surface area contributed by atoms with Gasteiger partial charge < -0.3 is 9.47 Å². The summed E-state index contributed by atoms with van der Waals surface area (Å²) in [5, 5.41) is 0. The quantitative estimate of drug-likeness (QED) is 0.414. The van der Waals surface area contributed by atoms with Gasteiger partial charge in [-0.15, -0.1) is 0 Å². The first kappa shape index (κ1) is 12.3. The number of methoxy groups -OCH3 is 1. The molecule has 0 atom stereocenters. The molecule has 1 aliphatic rings. The van der Waals surface area contributed by atoms with Gasteiger partial charge in [-0.2, -0.15) is 0 Å². The van der Waals surface area contributed by atoms with E-state index in [4.69, 9.17) is 4.74 Å². The molecule has 16 heavy (non-hydrogen) atoms. The zero-order valence-electron chi connectivity index (χ0n) is 9.65. The maximum Gasteiger partial charge on any atom is 0.414 e. The van der Waals surface area contributed by atoms with Crippen LogP contribution >= 0.6 is 0 Å². The molecule has 0 spiro atoms. The van der Waals surface area contributed by atoms with Crippen molar-refractivity contribution in [1.82, 2.24) is 4.90 Å². The molecule has 1 fully saturated rings. The Hall–Kier alpha value is -1.78. The van der Waals surface area contributed by atoms with E-state index in [2.05, 4.69) is 4.74 Å². The summed E-state index contributed by atoms with van der Waals surface area (Å²) < 4.78 is 9.38. The third kappa shape index (κ3) is 3.12. The molecule has 0 aliphatic carbocycles. The lowest BCUT2D eigenvalue weighted by molar-refractivity contribution is -0.135. The van der Waals surface area contributed by atoms with Crippen molar-refractivity contribution in [1.29, 1.82) is 0 Å². The van der Waals surface area contributed by atoms with Gasteiger partial charge in [-0.3, -0.25) is 4.90 Å². The number of allylic oxidation sites excluding steroid dienone is 1. The number of cyclic esters (lactones) is 1. The third-order valence-electron chi connectivity index (χ3n) is 1.95. The Morgan fingerprint density at radius 1 is 1.50 bits per heavy atom. The predicted octanol–water partition coefficient (Wildman–Crippen LogP) is 1.46. The SMILES string of the molecule is COC(=O)C(C=C(C)C)=CN1CCOC1=O. The Morgan fingerprint density at radius 2 is 2.19 bits per heavy atom. The Labute approximate surface area is 94.3 Å². The predicted molar refractivity (Wildman–Crippen MR) is 57.6 cm³/mol. The van der Waals surface area contributed by atoms with Gasteiger partial charge in [0, 0.05) is 6.20 Å². The van der Waals surface area contributed by atoms with Crippen molar-refractivity contribution in [3.63, 3.8) is 0 Å². The van der Waals surface area contributed by atoms with E-state index >= 15 is 0 Å². The van der Waals surface area contributed by atoms with Gasteiger partial charge in [0.15, 0.2) is 0 Å². The van der Waals surface area contributed by atoms with Crippen molar-refractivity contribution >= 4 is 12.1 Å². The van der Waals surface area contributed by atoms with Crippen LogP contribution in [0, 0.1) is 0 Å². The van der Waals surface area contributed by atoms with Crippen LogP contribution in [0.25, 0.3) is 0 Å². The molecule has 0 radical (unpaired) electrons. The number of nitrogens with zero attached hydrogens (tertiary/aromatic N) is 1. The van der Waals surface area contributed by atoms with E-state index in [1.165, 1.54) is 18.2 Å². The minimum Gasteiger partial charge on any atom is -0.465 e. The largest absolute Gasteiger partial charge is 0.465 e. The summed E-state index contributed by atoms with van der Waals surface area (Å²) in [6.07, 6.45) is 2.68. The lowest BCUT2D eigenvalue weighted by atomic mass is 10.2. The average Bonchev–Trinajstić information content (AvgIpc) is 2.61. The van der Waals surface area contributed by atoms with Crippen LogP contribution in [-0.4, -0.2) is 37.2 Å². The van der Waals surface area contributed by atoms with Gasteiger partial charge in [0.05, 0.1) is 19.2 Å². The first-order chi connectivity index (χ1) is 7.54. The summed E-state index contributed by atoms with van der Waals surface area (Å²) >= 11 is 0. The molecular weight excluding hydrogens is 210 g/mol. The summed E-state index contributed by atoms with van der Waals surface area (Å²) in [6.45, 7) is 4.52. The standard InChI is InChI=1S/C11H15NO4/c1-8(2)6-9(10(13)15-3)7-12-4-5-16-11(12)14/h6-7H,4-5H2,1-3H3. The summed E-state index contributed by atoms with van der Waals surface area (Å²) in [6, 6.07) is 0. The van der Waals surface area contributed by atoms with Gasteiger partial charge in [0.2, 0.25) is 0 Å². The van der Waals surface area contributed by atoms with Crippen LogP contribution in [0.2, 0.25) is 0 Å². The van der Waals surface area contributed by atoms with Crippen molar-refractivity contribution in [2.24, 2.45) is 0 Å². The molecule has 0 aromatic rings. The molecule has 0 unspecified atom stereocenters. The van der Waals surface area contributed by atoms with Crippen LogP contribution in [0.15, 0.2) is 23.4 Å². The molecule has 5 nitrogen and oxygen atoms in total. The minimum absolute atomic E-state index is 0.335. The number of carbonyl (C=O) groups excluding carboxylic acids is 2. The number of hydrogen-bond acceptors (Lipinski definition) is 4. The van der Waals surface area contributed by atoms with Gasteiger partial charge in [-0.05, 0) is 19.9 Å². The van der Waals surface area contributed by atoms with Gasteiger partial charge in [0.25, 0.3) is 0 Å². The fraction of sp³-hybridized carbons (Fsp3) is 0.455. The highest BCUT2D eigenvalue weighted by Crippen LogP contribution is 2.10. The van der Waals surface area contributed by atoms with Crippen LogP contribution < -0.4 is 0 Å². The highest BCUT2D eigenvalue weighted by atomic mass is 16.6. The first-order valence-electron chi connectivity index (χ1n) is 4.93. The van der Waals surface area contributed by atoms with Crippen molar-refractivity contribution in [2.75, 3.05) is 20.3 Å². The maximum atomic E-state index is 11.4. The lowest BCUT2D eigenvalue weighted by Crippen LogP contribution is -2.19. The van der Waals surface area contributed by atoms with Crippen molar-refractivity contribution in [2.45, 2.75) is 13.8 Å². The van der Waals surface area contributed by atoms with E-state index < -0.39 is 12.1 Å². The Kier molecular flexibility index (Phi) is 4.10. The number of carbonyl (C=O) groups is 2. The fourth-order valence-electron chi connectivity index (χ4n) is 1.27. The highest BCUT2D eigenvalue weighted by Gasteiger charge is 2.21. The topological polar surface area (TPSA) is 55.8 Å². The van der Waals surface area contributed by atoms with Crippen LogP contribution in [0.4, 0.5) is 4.79 Å². The Balaban J connectivity index is 2.91. The molecule has 0 aromatic carbocycles. The Bertz CT molecular complexity index is 353. The van der Waals surface area contributed by atoms with E-state index in [0.29, 0.717) is 18.7 Å². The Morgan fingerprint density at radius 3 is 2.62 bits per heavy atom. The zero-order valence-corrected chi connectivity index (χ0v) is 9.65. The van der Waals surface area contributed by atoms with Gasteiger partial charge in [-0.1, -0.05) is 5.57 Å². The van der Waals surface area contributed by atoms with Crippen LogP contribution in [0.3, 0.4) is 0 Å². The summed E-state index contributed by atoms with van der Waals surface area (Å²) in [7, 11) is 1.30. The molecule has 0 N–H and O–H groups in total. The van der Waals surface area contributed by atoms with E-state index in [0.717, 1.165) is 5.57 Å². The summed E-state index contributed by atoms with van der Waals surface area (Å²) in [5.74, 6) is -0.471. The number of esters is 1. The second-order valence-corrected chi connectivity index (χ2v) is 3.61. The molecule has 0 bridgehead atoms. The van der Waals surface area contributed by atoms with Gasteiger partial charge >= 0.3 is 12.1 Å². The third-order valence-corrected chi connectivity index (χ3v) is 1.95. The molecule has 0 aromatic heterocycles. The zero-order chi connectivity index (χ0) is 12.1. The second kappa shape index (κ2) is 5.34. The molecule has 0 saturated carbocycles. The van der Waals surface area contributed by atoms with E-state index in [-0.39, 0.29) is 0 Å². The van der Waals surface area contributed by atoms with Crippen molar-refractivity contribution in [3.8, 4) is 0 Å². The van der Waals surface area contributed by atoms with Crippen LogP contribution in [0.5, 0.6) is 0 Å². The van der Waals surface area contributed by atoms with E-state index in [1.54, 1.807) is 6.08 Å². The van der Waals surface area contributed by atoms with Gasteiger partial charge in [0.1, 0.15) is 6.61 Å². The molecule has 1 amide bonds. The average molecular weight is 225 g/mol. The van der Waals surface area contributed by atoms with E-state index in [9.17, 15) is 9.59 Å². The number of hydrogen-bond donors (Lipinski definition) is 0. The minimum atomic E-state index is -0.471. The number of rotatable bonds is 3. The maximum absolute atomic E-state index is 11.4. The molecule has 1 aliphatic heterocycles. The smallest absolute Gasteiger partial charge is 0.414 e. The normalized spacial score (nSPS) is 15.8. The van der Waals surface area contributed by atoms with E-state index in [1.807, 2.05) is 13.8 Å². The number of amides is 1. The molecule has 5 heteroatoms. The van der Waals surface area contributed by atoms with Crippen molar-refractivity contribution in [3.05, 3.63) is 23.4 Å². The summed E-state index contributed by atoms with van der Waals surface area (Å²) in [4.78, 5) is 24.0. The first-order valence-corrected chi connectivity index (χ1v) is 4.93. The van der Waals surface area contributed by atoms with Crippen molar-refractivity contribution < 1.29 is 19.1 Å². The van der Waals surface area contributed by atoms with Gasteiger partial charge in [-0.25, -0.2) is 9.59 Å². The second-order valence-electron chi connectivity index (χ2n) is 3.61. The monoisotopic (exact) mass is 225 g/mol. The molecular formula is C11H15NO4. The molecule has 1 saturated heterocycles. The van der Waals surface area contributed by atoms with Crippen LogP contribution in [-0.2, 0) is 14.3 Å². The summed E-state index contributed by atoms with van der Waals surface area (Å²) in [5.41, 5.74) is 1.28.